The predicted molar refractivity (Wildman–Crippen MR) is 109 cm³/mol. The van der Waals surface area contributed by atoms with Gasteiger partial charge in [0.25, 0.3) is 5.91 Å². The Balaban J connectivity index is 1.99. The second kappa shape index (κ2) is 10.6. The zero-order chi connectivity index (χ0) is 18.9. The van der Waals surface area contributed by atoms with Gasteiger partial charge in [0.1, 0.15) is 6.04 Å². The van der Waals surface area contributed by atoms with Crippen molar-refractivity contribution in [2.45, 2.75) is 32.2 Å². The van der Waals surface area contributed by atoms with Gasteiger partial charge in [-0.1, -0.05) is 17.7 Å². The number of rotatable bonds is 8. The molecule has 1 saturated heterocycles. The summed E-state index contributed by atoms with van der Waals surface area (Å²) in [6.45, 7) is 4.52. The summed E-state index contributed by atoms with van der Waals surface area (Å²) in [4.78, 5) is 27.5. The number of likely N-dealkylation sites (tertiary alicyclic amines) is 1. The molecule has 0 saturated carbocycles. The first kappa shape index (κ1) is 20.8. The van der Waals surface area contributed by atoms with Gasteiger partial charge in [-0.25, -0.2) is 0 Å². The normalized spacial score (nSPS) is 16.3. The second-order valence-electron chi connectivity index (χ2n) is 7.00. The van der Waals surface area contributed by atoms with Crippen LogP contribution in [0, 0.1) is 12.8 Å². The van der Waals surface area contributed by atoms with Gasteiger partial charge in [-0.15, -0.1) is 0 Å². The first-order valence-corrected chi connectivity index (χ1v) is 10.7. The predicted octanol–water partition coefficient (Wildman–Crippen LogP) is 2.30. The smallest absolute Gasteiger partial charge is 0.251 e. The number of carbonyl (C=O) groups is 2. The summed E-state index contributed by atoms with van der Waals surface area (Å²) >= 11 is 1.70. The summed E-state index contributed by atoms with van der Waals surface area (Å²) in [5, 5.41) is 6.19. The van der Waals surface area contributed by atoms with E-state index in [1.165, 1.54) is 0 Å². The molecular formula is C20H31N3O2S. The van der Waals surface area contributed by atoms with Gasteiger partial charge in [-0.3, -0.25) is 9.59 Å². The van der Waals surface area contributed by atoms with Gasteiger partial charge in [0.15, 0.2) is 0 Å². The lowest BCUT2D eigenvalue weighted by Crippen LogP contribution is -2.51. The van der Waals surface area contributed by atoms with Crippen molar-refractivity contribution in [3.63, 3.8) is 0 Å². The van der Waals surface area contributed by atoms with Crippen LogP contribution in [0.1, 0.15) is 35.2 Å². The Bertz CT molecular complexity index is 600. The van der Waals surface area contributed by atoms with Gasteiger partial charge in [0.05, 0.1) is 0 Å². The third kappa shape index (κ3) is 6.02. The lowest BCUT2D eigenvalue weighted by molar-refractivity contribution is -0.134. The SMILES string of the molecule is CNCC1CCN(C(=O)C(CCSC)NC(=O)c2cccc(C)c2)CC1. The molecule has 6 heteroatoms. The number of carbonyl (C=O) groups excluding carboxylic acids is 2. The van der Waals surface area contributed by atoms with Gasteiger partial charge >= 0.3 is 0 Å². The largest absolute Gasteiger partial charge is 0.341 e. The quantitative estimate of drug-likeness (QED) is 0.730. The molecule has 0 bridgehead atoms. The van der Waals surface area contributed by atoms with E-state index in [4.69, 9.17) is 0 Å². The van der Waals surface area contributed by atoms with E-state index in [0.29, 0.717) is 17.9 Å². The van der Waals surface area contributed by atoms with E-state index < -0.39 is 6.04 Å². The molecular weight excluding hydrogens is 346 g/mol. The van der Waals surface area contributed by atoms with Crippen molar-refractivity contribution in [1.82, 2.24) is 15.5 Å². The molecule has 2 amide bonds. The topological polar surface area (TPSA) is 61.4 Å². The summed E-state index contributed by atoms with van der Waals surface area (Å²) in [7, 11) is 1.97. The molecule has 0 aromatic heterocycles. The van der Waals surface area contributed by atoms with Gasteiger partial charge in [-0.05, 0) is 69.8 Å². The van der Waals surface area contributed by atoms with Crippen LogP contribution in [0.15, 0.2) is 24.3 Å². The van der Waals surface area contributed by atoms with E-state index in [-0.39, 0.29) is 11.8 Å². The van der Waals surface area contributed by atoms with Crippen molar-refractivity contribution in [3.8, 4) is 0 Å². The fraction of sp³-hybridized carbons (Fsp3) is 0.600. The second-order valence-corrected chi connectivity index (χ2v) is 7.99. The maximum Gasteiger partial charge on any atom is 0.251 e. The molecule has 1 aliphatic heterocycles. The summed E-state index contributed by atoms with van der Waals surface area (Å²) in [5.41, 5.74) is 1.65. The average molecular weight is 378 g/mol. The molecule has 2 rings (SSSR count). The van der Waals surface area contributed by atoms with Crippen LogP contribution in [0.3, 0.4) is 0 Å². The molecule has 1 fully saturated rings. The number of piperidine rings is 1. The monoisotopic (exact) mass is 377 g/mol. The summed E-state index contributed by atoms with van der Waals surface area (Å²) in [6.07, 6.45) is 4.72. The van der Waals surface area contributed by atoms with Crippen molar-refractivity contribution in [1.29, 1.82) is 0 Å². The van der Waals surface area contributed by atoms with Gasteiger partial charge in [0, 0.05) is 18.7 Å². The highest BCUT2D eigenvalue weighted by atomic mass is 32.2. The van der Waals surface area contributed by atoms with E-state index >= 15 is 0 Å². The fourth-order valence-corrected chi connectivity index (χ4v) is 3.86. The minimum atomic E-state index is -0.448. The zero-order valence-corrected chi connectivity index (χ0v) is 16.9. The van der Waals surface area contributed by atoms with Crippen LogP contribution in [0.2, 0.25) is 0 Å². The molecule has 1 heterocycles. The maximum atomic E-state index is 13.0. The Morgan fingerprint density at radius 1 is 1.31 bits per heavy atom. The fourth-order valence-electron chi connectivity index (χ4n) is 3.39. The van der Waals surface area contributed by atoms with Crippen LogP contribution >= 0.6 is 11.8 Å². The number of hydrogen-bond donors (Lipinski definition) is 2. The Hall–Kier alpha value is -1.53. The van der Waals surface area contributed by atoms with Crippen molar-refractivity contribution < 1.29 is 9.59 Å². The lowest BCUT2D eigenvalue weighted by Gasteiger charge is -2.34. The van der Waals surface area contributed by atoms with Crippen LogP contribution in [0.5, 0.6) is 0 Å². The third-order valence-corrected chi connectivity index (χ3v) is 5.56. The number of nitrogens with one attached hydrogen (secondary N) is 2. The Kier molecular flexibility index (Phi) is 8.45. The number of nitrogens with zero attached hydrogens (tertiary/aromatic N) is 1. The first-order chi connectivity index (χ1) is 12.5. The average Bonchev–Trinajstić information content (AvgIpc) is 2.65. The maximum absolute atomic E-state index is 13.0. The Morgan fingerprint density at radius 2 is 2.04 bits per heavy atom. The van der Waals surface area contributed by atoms with Crippen molar-refractivity contribution >= 4 is 23.6 Å². The highest BCUT2D eigenvalue weighted by molar-refractivity contribution is 7.98. The lowest BCUT2D eigenvalue weighted by atomic mass is 9.96. The van der Waals surface area contributed by atoms with Crippen LogP contribution in [0.4, 0.5) is 0 Å². The summed E-state index contributed by atoms with van der Waals surface area (Å²) in [5.74, 6) is 1.37. The Labute approximate surface area is 161 Å². The molecule has 1 atom stereocenters. The van der Waals surface area contributed by atoms with E-state index in [2.05, 4.69) is 10.6 Å². The van der Waals surface area contributed by atoms with E-state index in [1.54, 1.807) is 17.8 Å². The molecule has 1 aliphatic rings. The van der Waals surface area contributed by atoms with Gasteiger partial charge in [-0.2, -0.15) is 11.8 Å². The number of amides is 2. The molecule has 1 unspecified atom stereocenters. The molecule has 0 spiro atoms. The number of thioether (sulfide) groups is 1. The van der Waals surface area contributed by atoms with Crippen molar-refractivity contribution in [2.75, 3.05) is 38.7 Å². The van der Waals surface area contributed by atoms with E-state index in [0.717, 1.165) is 43.8 Å². The summed E-state index contributed by atoms with van der Waals surface area (Å²) in [6, 6.07) is 7.03. The van der Waals surface area contributed by atoms with Crippen LogP contribution in [-0.4, -0.2) is 61.4 Å². The molecule has 5 nitrogen and oxygen atoms in total. The zero-order valence-electron chi connectivity index (χ0n) is 16.1. The molecule has 0 radical (unpaired) electrons. The van der Waals surface area contributed by atoms with Crippen molar-refractivity contribution in [2.24, 2.45) is 5.92 Å². The minimum Gasteiger partial charge on any atom is -0.341 e. The van der Waals surface area contributed by atoms with Gasteiger partial charge < -0.3 is 15.5 Å². The van der Waals surface area contributed by atoms with Crippen LogP contribution in [0.25, 0.3) is 0 Å². The molecule has 1 aromatic carbocycles. The number of hydrogen-bond acceptors (Lipinski definition) is 4. The Morgan fingerprint density at radius 3 is 2.65 bits per heavy atom. The molecule has 144 valence electrons. The standard InChI is InChI=1S/C20H31N3O2S/c1-15-5-4-6-17(13-15)19(24)22-18(9-12-26-3)20(25)23-10-7-16(8-11-23)14-21-2/h4-6,13,16,18,21H,7-12,14H2,1-3H3,(H,22,24). The molecule has 26 heavy (non-hydrogen) atoms. The van der Waals surface area contributed by atoms with Crippen molar-refractivity contribution in [3.05, 3.63) is 35.4 Å². The molecule has 0 aliphatic carbocycles. The van der Waals surface area contributed by atoms with Crippen LogP contribution in [-0.2, 0) is 4.79 Å². The van der Waals surface area contributed by atoms with Crippen LogP contribution < -0.4 is 10.6 Å². The number of aryl methyl sites for hydroxylation is 1. The van der Waals surface area contributed by atoms with E-state index in [1.807, 2.05) is 43.3 Å². The minimum absolute atomic E-state index is 0.0583. The van der Waals surface area contributed by atoms with Gasteiger partial charge in [0.2, 0.25) is 5.91 Å². The highest BCUT2D eigenvalue weighted by Gasteiger charge is 2.29. The first-order valence-electron chi connectivity index (χ1n) is 9.35. The summed E-state index contributed by atoms with van der Waals surface area (Å²) < 4.78 is 0. The highest BCUT2D eigenvalue weighted by Crippen LogP contribution is 2.18. The molecule has 2 N–H and O–H groups in total. The third-order valence-electron chi connectivity index (χ3n) is 4.91. The van der Waals surface area contributed by atoms with E-state index in [9.17, 15) is 9.59 Å². The molecule has 1 aromatic rings. The number of benzene rings is 1.